The Morgan fingerprint density at radius 3 is 2.59 bits per heavy atom. The summed E-state index contributed by atoms with van der Waals surface area (Å²) in [5.41, 5.74) is 5.98. The van der Waals surface area contributed by atoms with Gasteiger partial charge in [0.25, 0.3) is 0 Å². The summed E-state index contributed by atoms with van der Waals surface area (Å²) in [4.78, 5) is 23.9. The van der Waals surface area contributed by atoms with Crippen molar-refractivity contribution in [3.63, 3.8) is 0 Å². The van der Waals surface area contributed by atoms with Gasteiger partial charge in [-0.2, -0.15) is 0 Å². The summed E-state index contributed by atoms with van der Waals surface area (Å²) in [7, 11) is 0. The summed E-state index contributed by atoms with van der Waals surface area (Å²) >= 11 is 6.59. The van der Waals surface area contributed by atoms with Crippen molar-refractivity contribution in [3.05, 3.63) is 93.9 Å². The molecule has 5 aromatic rings. The third kappa shape index (κ3) is 2.98. The number of aryl methyl sites for hydroxylation is 1. The average molecular weight is 398 g/mol. The molecule has 0 aliphatic rings. The molecule has 4 nitrogen and oxygen atoms in total. The molecule has 3 aromatic heterocycles. The van der Waals surface area contributed by atoms with Gasteiger partial charge in [-0.1, -0.05) is 48.0 Å². The predicted molar refractivity (Wildman–Crippen MR) is 118 cm³/mol. The molecule has 0 unspecified atom stereocenters. The Bertz CT molecular complexity index is 1440. The van der Waals surface area contributed by atoms with Gasteiger partial charge in [-0.3, -0.25) is 9.78 Å². The van der Waals surface area contributed by atoms with Crippen molar-refractivity contribution in [3.8, 4) is 22.4 Å². The van der Waals surface area contributed by atoms with E-state index in [0.717, 1.165) is 44.2 Å². The van der Waals surface area contributed by atoms with Crippen molar-refractivity contribution in [2.24, 2.45) is 0 Å². The van der Waals surface area contributed by atoms with E-state index >= 15 is 0 Å². The monoisotopic (exact) mass is 397 g/mol. The highest BCUT2D eigenvalue weighted by atomic mass is 35.5. The molecule has 0 atom stereocenters. The van der Waals surface area contributed by atoms with E-state index in [9.17, 15) is 4.79 Å². The molecule has 0 spiro atoms. The highest BCUT2D eigenvalue weighted by Gasteiger charge is 2.17. The van der Waals surface area contributed by atoms with E-state index < -0.39 is 0 Å². The van der Waals surface area contributed by atoms with Gasteiger partial charge in [-0.05, 0) is 42.3 Å². The largest absolute Gasteiger partial charge is 0.307 e. The zero-order valence-corrected chi connectivity index (χ0v) is 16.4. The molecule has 0 amide bonds. The zero-order chi connectivity index (χ0) is 20.0. The van der Waals surface area contributed by atoms with Crippen LogP contribution >= 0.6 is 11.6 Å². The van der Waals surface area contributed by atoms with Gasteiger partial charge in [0.1, 0.15) is 5.65 Å². The number of aromatic nitrogens is 3. The van der Waals surface area contributed by atoms with Gasteiger partial charge in [-0.25, -0.2) is 4.98 Å². The minimum atomic E-state index is -0.173. The Morgan fingerprint density at radius 1 is 0.931 bits per heavy atom. The van der Waals surface area contributed by atoms with Gasteiger partial charge in [0, 0.05) is 34.2 Å². The summed E-state index contributed by atoms with van der Waals surface area (Å²) in [6.07, 6.45) is 1.75. The lowest BCUT2D eigenvalue weighted by molar-refractivity contribution is 1.23. The Labute approximate surface area is 171 Å². The van der Waals surface area contributed by atoms with Crippen LogP contribution in [0.25, 0.3) is 44.3 Å². The van der Waals surface area contributed by atoms with Gasteiger partial charge >= 0.3 is 0 Å². The number of aromatic amines is 1. The molecule has 0 aliphatic heterocycles. The number of pyridine rings is 3. The van der Waals surface area contributed by atoms with E-state index in [1.165, 1.54) is 6.07 Å². The standard InChI is InChI=1S/C24H16ClN3O/c1-14-17-8-5-11-26-23(17)20(25)13-18(14)19-12-16-9-10-21(29)27-24(16)28-22(19)15-6-3-2-4-7-15/h2-13H,1H3,(H,27,28,29). The second kappa shape index (κ2) is 6.83. The van der Waals surface area contributed by atoms with Crippen LogP contribution in [0.5, 0.6) is 0 Å². The number of benzene rings is 2. The first-order chi connectivity index (χ1) is 14.1. The number of hydrogen-bond acceptors (Lipinski definition) is 3. The van der Waals surface area contributed by atoms with Gasteiger partial charge in [0.2, 0.25) is 5.56 Å². The molecule has 0 saturated heterocycles. The van der Waals surface area contributed by atoms with Gasteiger partial charge in [0.05, 0.1) is 16.2 Å². The molecule has 0 bridgehead atoms. The second-order valence-electron chi connectivity index (χ2n) is 6.94. The van der Waals surface area contributed by atoms with Crippen LogP contribution in [0.1, 0.15) is 5.56 Å². The van der Waals surface area contributed by atoms with E-state index in [2.05, 4.69) is 23.0 Å². The van der Waals surface area contributed by atoms with E-state index in [1.54, 1.807) is 12.3 Å². The molecular formula is C24H16ClN3O. The smallest absolute Gasteiger partial charge is 0.249 e. The Morgan fingerprint density at radius 2 is 1.76 bits per heavy atom. The molecule has 0 saturated carbocycles. The van der Waals surface area contributed by atoms with E-state index in [1.807, 2.05) is 48.5 Å². The first-order valence-corrected chi connectivity index (χ1v) is 9.63. The zero-order valence-electron chi connectivity index (χ0n) is 15.6. The topological polar surface area (TPSA) is 58.6 Å². The second-order valence-corrected chi connectivity index (χ2v) is 7.35. The highest BCUT2D eigenvalue weighted by molar-refractivity contribution is 6.35. The minimum absolute atomic E-state index is 0.173. The van der Waals surface area contributed by atoms with E-state index in [-0.39, 0.29) is 5.56 Å². The molecule has 0 fully saturated rings. The lowest BCUT2D eigenvalue weighted by Gasteiger charge is -2.15. The van der Waals surface area contributed by atoms with Gasteiger partial charge in [0.15, 0.2) is 0 Å². The Hall–Kier alpha value is -3.50. The van der Waals surface area contributed by atoms with E-state index in [0.29, 0.717) is 10.7 Å². The average Bonchev–Trinajstić information content (AvgIpc) is 2.76. The van der Waals surface area contributed by atoms with Crippen molar-refractivity contribution in [1.29, 1.82) is 0 Å². The fourth-order valence-corrected chi connectivity index (χ4v) is 3.99. The van der Waals surface area contributed by atoms with Crippen LogP contribution in [-0.2, 0) is 0 Å². The van der Waals surface area contributed by atoms with Crippen molar-refractivity contribution < 1.29 is 0 Å². The van der Waals surface area contributed by atoms with Crippen molar-refractivity contribution in [2.75, 3.05) is 0 Å². The molecular weight excluding hydrogens is 382 g/mol. The van der Waals surface area contributed by atoms with Crippen LogP contribution in [0, 0.1) is 6.92 Å². The first-order valence-electron chi connectivity index (χ1n) is 9.25. The molecule has 0 aliphatic carbocycles. The first kappa shape index (κ1) is 17.6. The van der Waals surface area contributed by atoms with Crippen LogP contribution in [0.15, 0.2) is 77.7 Å². The van der Waals surface area contributed by atoms with Gasteiger partial charge < -0.3 is 4.98 Å². The lowest BCUT2D eigenvalue weighted by Crippen LogP contribution is -2.05. The summed E-state index contributed by atoms with van der Waals surface area (Å²) < 4.78 is 0. The van der Waals surface area contributed by atoms with Crippen LogP contribution in [-0.4, -0.2) is 15.0 Å². The van der Waals surface area contributed by atoms with Crippen molar-refractivity contribution in [2.45, 2.75) is 6.92 Å². The Kier molecular flexibility index (Phi) is 4.14. The fraction of sp³-hybridized carbons (Fsp3) is 0.0417. The maximum atomic E-state index is 11.8. The summed E-state index contributed by atoms with van der Waals surface area (Å²) in [6.45, 7) is 2.07. The highest BCUT2D eigenvalue weighted by Crippen LogP contribution is 2.39. The van der Waals surface area contributed by atoms with Crippen LogP contribution in [0.2, 0.25) is 5.02 Å². The van der Waals surface area contributed by atoms with Crippen LogP contribution < -0.4 is 5.56 Å². The number of halogens is 1. The molecule has 29 heavy (non-hydrogen) atoms. The molecule has 5 heteroatoms. The summed E-state index contributed by atoms with van der Waals surface area (Å²) in [6, 6.07) is 21.2. The third-order valence-electron chi connectivity index (χ3n) is 5.16. The fourth-order valence-electron chi connectivity index (χ4n) is 3.73. The van der Waals surface area contributed by atoms with Gasteiger partial charge in [-0.15, -0.1) is 0 Å². The van der Waals surface area contributed by atoms with Crippen LogP contribution in [0.3, 0.4) is 0 Å². The van der Waals surface area contributed by atoms with Crippen molar-refractivity contribution >= 4 is 33.5 Å². The lowest BCUT2D eigenvalue weighted by atomic mass is 9.93. The third-order valence-corrected chi connectivity index (χ3v) is 5.45. The number of fused-ring (bicyclic) bond motifs is 2. The molecule has 2 aromatic carbocycles. The number of H-pyrrole nitrogens is 1. The molecule has 140 valence electrons. The predicted octanol–water partition coefficient (Wildman–Crippen LogP) is 5.77. The summed E-state index contributed by atoms with van der Waals surface area (Å²) in [5.74, 6) is 0. The minimum Gasteiger partial charge on any atom is -0.307 e. The SMILES string of the molecule is Cc1c(-c2cc3ccc(=O)[nH]c3nc2-c2ccccc2)cc(Cl)c2ncccc12. The number of nitrogens with zero attached hydrogens (tertiary/aromatic N) is 2. The van der Waals surface area contributed by atoms with Crippen molar-refractivity contribution in [1.82, 2.24) is 15.0 Å². The summed E-state index contributed by atoms with van der Waals surface area (Å²) in [5, 5.41) is 2.47. The molecule has 0 radical (unpaired) electrons. The maximum absolute atomic E-state index is 11.8. The Balaban J connectivity index is 1.90. The number of rotatable bonds is 2. The number of nitrogens with one attached hydrogen (secondary N) is 1. The quantitative estimate of drug-likeness (QED) is 0.411. The van der Waals surface area contributed by atoms with Crippen LogP contribution in [0.4, 0.5) is 0 Å². The molecule has 5 rings (SSSR count). The molecule has 3 heterocycles. The molecule has 1 N–H and O–H groups in total. The number of hydrogen-bond donors (Lipinski definition) is 1. The van der Waals surface area contributed by atoms with E-state index in [4.69, 9.17) is 16.6 Å². The normalized spacial score (nSPS) is 11.2. The maximum Gasteiger partial charge on any atom is 0.249 e.